The third-order valence-electron chi connectivity index (χ3n) is 3.98. The van der Waals surface area contributed by atoms with Crippen LogP contribution in [0.15, 0.2) is 4.52 Å². The number of ketones is 1. The summed E-state index contributed by atoms with van der Waals surface area (Å²) in [5.74, 6) is 1.65. The van der Waals surface area contributed by atoms with Crippen molar-refractivity contribution in [1.82, 2.24) is 10.1 Å². The quantitative estimate of drug-likeness (QED) is 0.855. The number of Topliss-reactive ketones (excluding diaryl/α,β-unsaturated/α-hetero) is 1. The molecule has 3 heterocycles. The maximum absolute atomic E-state index is 11.6. The molecule has 2 aliphatic rings. The fourth-order valence-corrected chi connectivity index (χ4v) is 2.93. The predicted octanol–water partition coefficient (Wildman–Crippen LogP) is 0.832. The second kappa shape index (κ2) is 4.35. The molecule has 0 aromatic carbocycles. The summed E-state index contributed by atoms with van der Waals surface area (Å²) in [6.45, 7) is 2.46. The number of anilines is 1. The van der Waals surface area contributed by atoms with E-state index in [4.69, 9.17) is 10.3 Å². The Labute approximate surface area is 106 Å². The van der Waals surface area contributed by atoms with Gasteiger partial charge in [0.25, 0.3) is 5.95 Å². The Morgan fingerprint density at radius 3 is 2.72 bits per heavy atom. The summed E-state index contributed by atoms with van der Waals surface area (Å²) < 4.78 is 5.25. The van der Waals surface area contributed by atoms with Crippen LogP contribution in [0.3, 0.4) is 0 Å². The van der Waals surface area contributed by atoms with Gasteiger partial charge < -0.3 is 15.2 Å². The summed E-state index contributed by atoms with van der Waals surface area (Å²) in [7, 11) is 0. The molecular formula is C12H18N4O2. The Bertz CT molecular complexity index is 443. The van der Waals surface area contributed by atoms with Gasteiger partial charge in [-0.25, -0.2) is 0 Å². The first-order valence-corrected chi connectivity index (χ1v) is 6.52. The first-order valence-electron chi connectivity index (χ1n) is 6.52. The number of carbonyl (C=O) groups is 1. The number of carbonyl (C=O) groups excluding carboxylic acids is 1. The lowest BCUT2D eigenvalue weighted by atomic mass is 10.0. The highest BCUT2D eigenvalue weighted by molar-refractivity contribution is 5.82. The molecule has 3 rings (SSSR count). The largest absolute Gasteiger partial charge is 0.337 e. The van der Waals surface area contributed by atoms with E-state index in [9.17, 15) is 4.79 Å². The monoisotopic (exact) mass is 250 g/mol. The Kier molecular flexibility index (Phi) is 2.81. The van der Waals surface area contributed by atoms with Crippen LogP contribution in [0.25, 0.3) is 0 Å². The van der Waals surface area contributed by atoms with Crippen LogP contribution in [0.5, 0.6) is 0 Å². The third kappa shape index (κ3) is 1.80. The second-order valence-corrected chi connectivity index (χ2v) is 5.31. The molecule has 1 aromatic heterocycles. The minimum absolute atomic E-state index is 0.0790. The van der Waals surface area contributed by atoms with Gasteiger partial charge in [0, 0.05) is 37.4 Å². The van der Waals surface area contributed by atoms with Crippen molar-refractivity contribution in [3.8, 4) is 0 Å². The van der Waals surface area contributed by atoms with Gasteiger partial charge in [-0.2, -0.15) is 4.98 Å². The molecular weight excluding hydrogens is 232 g/mol. The molecule has 6 heteroatoms. The average Bonchev–Trinajstić information content (AvgIpc) is 2.92. The number of aromatic nitrogens is 2. The number of fused-ring (bicyclic) bond motifs is 2. The van der Waals surface area contributed by atoms with E-state index < -0.39 is 0 Å². The highest BCUT2D eigenvalue weighted by atomic mass is 16.5. The highest BCUT2D eigenvalue weighted by Gasteiger charge is 2.42. The van der Waals surface area contributed by atoms with Crippen LogP contribution < -0.4 is 10.6 Å². The first kappa shape index (κ1) is 11.6. The molecule has 0 aliphatic carbocycles. The highest BCUT2D eigenvalue weighted by Crippen LogP contribution is 2.36. The fraction of sp³-hybridized carbons (Fsp3) is 0.750. The van der Waals surface area contributed by atoms with Gasteiger partial charge in [0.05, 0.1) is 0 Å². The standard InChI is InChI=1S/C12H18N4O2/c1-7(6-13)11-14-12(15-18-11)16-8-2-3-9(16)5-10(17)4-8/h7-9H,2-6,13H2,1H3. The number of hydrogen-bond donors (Lipinski definition) is 1. The third-order valence-corrected chi connectivity index (χ3v) is 3.98. The summed E-state index contributed by atoms with van der Waals surface area (Å²) in [5, 5.41) is 4.05. The van der Waals surface area contributed by atoms with Crippen molar-refractivity contribution in [3.05, 3.63) is 5.89 Å². The Hall–Kier alpha value is -1.43. The van der Waals surface area contributed by atoms with E-state index in [-0.39, 0.29) is 18.0 Å². The fourth-order valence-electron chi connectivity index (χ4n) is 2.93. The SMILES string of the molecule is CC(CN)c1nc(N2C3CCC2CC(=O)C3)no1. The molecule has 2 N–H and O–H groups in total. The van der Waals surface area contributed by atoms with Gasteiger partial charge in [0.15, 0.2) is 0 Å². The van der Waals surface area contributed by atoms with E-state index in [1.807, 2.05) is 6.92 Å². The van der Waals surface area contributed by atoms with Crippen molar-refractivity contribution in [1.29, 1.82) is 0 Å². The molecule has 2 aliphatic heterocycles. The van der Waals surface area contributed by atoms with Crippen molar-refractivity contribution < 1.29 is 9.32 Å². The van der Waals surface area contributed by atoms with E-state index in [1.54, 1.807) is 0 Å². The molecule has 3 unspecified atom stereocenters. The first-order chi connectivity index (χ1) is 8.69. The van der Waals surface area contributed by atoms with E-state index >= 15 is 0 Å². The maximum atomic E-state index is 11.6. The summed E-state index contributed by atoms with van der Waals surface area (Å²) in [6, 6.07) is 0.518. The van der Waals surface area contributed by atoms with Crippen molar-refractivity contribution in [2.75, 3.05) is 11.4 Å². The molecule has 2 saturated heterocycles. The Morgan fingerprint density at radius 2 is 2.11 bits per heavy atom. The van der Waals surface area contributed by atoms with Crippen molar-refractivity contribution >= 4 is 11.7 Å². The van der Waals surface area contributed by atoms with E-state index in [0.29, 0.717) is 37.0 Å². The number of hydrogen-bond acceptors (Lipinski definition) is 6. The molecule has 1 aromatic rings. The molecule has 18 heavy (non-hydrogen) atoms. The number of nitrogens with two attached hydrogens (primary N) is 1. The van der Waals surface area contributed by atoms with Crippen molar-refractivity contribution in [2.24, 2.45) is 5.73 Å². The molecule has 0 radical (unpaired) electrons. The smallest absolute Gasteiger partial charge is 0.266 e. The number of nitrogens with zero attached hydrogens (tertiary/aromatic N) is 3. The van der Waals surface area contributed by atoms with Gasteiger partial charge in [-0.3, -0.25) is 4.79 Å². The van der Waals surface area contributed by atoms with Crippen LogP contribution in [0, 0.1) is 0 Å². The van der Waals surface area contributed by atoms with Gasteiger partial charge in [0.2, 0.25) is 5.89 Å². The lowest BCUT2D eigenvalue weighted by Crippen LogP contribution is -2.43. The van der Waals surface area contributed by atoms with E-state index in [1.165, 1.54) is 0 Å². The Balaban J connectivity index is 1.83. The molecule has 0 saturated carbocycles. The van der Waals surface area contributed by atoms with Gasteiger partial charge >= 0.3 is 0 Å². The van der Waals surface area contributed by atoms with Crippen molar-refractivity contribution in [3.63, 3.8) is 0 Å². The summed E-state index contributed by atoms with van der Waals surface area (Å²) >= 11 is 0. The molecule has 2 bridgehead atoms. The average molecular weight is 250 g/mol. The normalized spacial score (nSPS) is 28.8. The zero-order chi connectivity index (χ0) is 12.7. The van der Waals surface area contributed by atoms with E-state index in [0.717, 1.165) is 12.8 Å². The summed E-state index contributed by atoms with van der Waals surface area (Å²) in [4.78, 5) is 18.1. The molecule has 6 nitrogen and oxygen atoms in total. The van der Waals surface area contributed by atoms with Crippen LogP contribution in [-0.4, -0.2) is 34.6 Å². The van der Waals surface area contributed by atoms with Crippen LogP contribution >= 0.6 is 0 Å². The molecule has 0 spiro atoms. The molecule has 3 atom stereocenters. The van der Waals surface area contributed by atoms with Crippen LogP contribution in [0.1, 0.15) is 44.4 Å². The molecule has 2 fully saturated rings. The zero-order valence-electron chi connectivity index (χ0n) is 10.5. The zero-order valence-corrected chi connectivity index (χ0v) is 10.5. The van der Waals surface area contributed by atoms with Gasteiger partial charge in [-0.05, 0) is 18.0 Å². The Morgan fingerprint density at radius 1 is 1.44 bits per heavy atom. The summed E-state index contributed by atoms with van der Waals surface area (Å²) in [6.07, 6.45) is 3.33. The minimum atomic E-state index is 0.0790. The summed E-state index contributed by atoms with van der Waals surface area (Å²) in [5.41, 5.74) is 5.59. The van der Waals surface area contributed by atoms with Gasteiger partial charge in [-0.15, -0.1) is 0 Å². The van der Waals surface area contributed by atoms with Gasteiger partial charge in [-0.1, -0.05) is 6.92 Å². The molecule has 0 amide bonds. The topological polar surface area (TPSA) is 85.2 Å². The second-order valence-electron chi connectivity index (χ2n) is 5.31. The lowest BCUT2D eigenvalue weighted by molar-refractivity contribution is -0.120. The van der Waals surface area contributed by atoms with Gasteiger partial charge in [0.1, 0.15) is 5.78 Å². The lowest BCUT2D eigenvalue weighted by Gasteiger charge is -2.32. The van der Waals surface area contributed by atoms with Crippen LogP contribution in [-0.2, 0) is 4.79 Å². The van der Waals surface area contributed by atoms with Crippen LogP contribution in [0.2, 0.25) is 0 Å². The number of piperidine rings is 1. The van der Waals surface area contributed by atoms with Crippen molar-refractivity contribution in [2.45, 2.75) is 50.6 Å². The number of rotatable bonds is 3. The van der Waals surface area contributed by atoms with E-state index in [2.05, 4.69) is 15.0 Å². The maximum Gasteiger partial charge on any atom is 0.266 e. The minimum Gasteiger partial charge on any atom is -0.337 e. The predicted molar refractivity (Wildman–Crippen MR) is 65.3 cm³/mol. The molecule has 98 valence electrons. The van der Waals surface area contributed by atoms with Crippen LogP contribution in [0.4, 0.5) is 5.95 Å².